The Hall–Kier alpha value is -1.13. The van der Waals surface area contributed by atoms with Crippen LogP contribution < -0.4 is 10.6 Å². The number of hydrogen-bond acceptors (Lipinski definition) is 2. The molecule has 1 unspecified atom stereocenters. The standard InChI is InChI=1S/C14H18ClFN2O/c1-9(2)14(6-7-17-8-14)13(19)18-12-10(15)4-3-5-11(12)16/h3-5,9,17H,6-8H2,1-2H3,(H,18,19). The monoisotopic (exact) mass is 284 g/mol. The van der Waals surface area contributed by atoms with Crippen LogP contribution in [0, 0.1) is 17.2 Å². The van der Waals surface area contributed by atoms with Crippen LogP contribution in [0.25, 0.3) is 0 Å². The molecule has 104 valence electrons. The average Bonchev–Trinajstić information content (AvgIpc) is 2.84. The number of anilines is 1. The van der Waals surface area contributed by atoms with Crippen molar-refractivity contribution >= 4 is 23.2 Å². The molecule has 0 bridgehead atoms. The van der Waals surface area contributed by atoms with Crippen molar-refractivity contribution in [2.75, 3.05) is 18.4 Å². The Balaban J connectivity index is 2.25. The maximum absolute atomic E-state index is 13.7. The van der Waals surface area contributed by atoms with Crippen LogP contribution in [0.1, 0.15) is 20.3 Å². The van der Waals surface area contributed by atoms with Crippen LogP contribution in [0.4, 0.5) is 10.1 Å². The van der Waals surface area contributed by atoms with Crippen molar-refractivity contribution in [3.05, 3.63) is 29.0 Å². The summed E-state index contributed by atoms with van der Waals surface area (Å²) in [7, 11) is 0. The lowest BCUT2D eigenvalue weighted by Crippen LogP contribution is -2.42. The van der Waals surface area contributed by atoms with E-state index in [1.165, 1.54) is 12.1 Å². The molecule has 0 aromatic heterocycles. The molecule has 1 fully saturated rings. The van der Waals surface area contributed by atoms with Gasteiger partial charge in [0.25, 0.3) is 0 Å². The second kappa shape index (κ2) is 5.47. The molecular weight excluding hydrogens is 267 g/mol. The third-order valence-electron chi connectivity index (χ3n) is 3.95. The third-order valence-corrected chi connectivity index (χ3v) is 4.26. The van der Waals surface area contributed by atoms with Gasteiger partial charge in [-0.05, 0) is 31.0 Å². The van der Waals surface area contributed by atoms with Gasteiger partial charge in [-0.3, -0.25) is 4.79 Å². The molecule has 19 heavy (non-hydrogen) atoms. The van der Waals surface area contributed by atoms with Crippen LogP contribution in [0.15, 0.2) is 18.2 Å². The van der Waals surface area contributed by atoms with E-state index >= 15 is 0 Å². The van der Waals surface area contributed by atoms with Gasteiger partial charge < -0.3 is 10.6 Å². The Kier molecular flexibility index (Phi) is 4.11. The van der Waals surface area contributed by atoms with Crippen LogP contribution in [0.2, 0.25) is 5.02 Å². The Labute approximate surface area is 117 Å². The molecule has 1 aromatic rings. The van der Waals surface area contributed by atoms with E-state index in [9.17, 15) is 9.18 Å². The quantitative estimate of drug-likeness (QED) is 0.896. The molecule has 2 N–H and O–H groups in total. The summed E-state index contributed by atoms with van der Waals surface area (Å²) < 4.78 is 13.7. The van der Waals surface area contributed by atoms with Crippen molar-refractivity contribution in [3.8, 4) is 0 Å². The number of carbonyl (C=O) groups is 1. The fourth-order valence-corrected chi connectivity index (χ4v) is 2.73. The van der Waals surface area contributed by atoms with Gasteiger partial charge in [-0.2, -0.15) is 0 Å². The molecule has 0 radical (unpaired) electrons. The lowest BCUT2D eigenvalue weighted by atomic mass is 9.75. The van der Waals surface area contributed by atoms with Crippen LogP contribution in [-0.4, -0.2) is 19.0 Å². The summed E-state index contributed by atoms with van der Waals surface area (Å²) in [5.41, 5.74) is -0.424. The van der Waals surface area contributed by atoms with Gasteiger partial charge in [0.15, 0.2) is 0 Å². The molecular formula is C14H18ClFN2O. The lowest BCUT2D eigenvalue weighted by molar-refractivity contribution is -0.126. The topological polar surface area (TPSA) is 41.1 Å². The maximum Gasteiger partial charge on any atom is 0.232 e. The van der Waals surface area contributed by atoms with Crippen LogP contribution in [0.5, 0.6) is 0 Å². The molecule has 1 aliphatic rings. The first-order valence-corrected chi connectivity index (χ1v) is 6.81. The Bertz CT molecular complexity index is 464. The van der Waals surface area contributed by atoms with Crippen molar-refractivity contribution in [2.24, 2.45) is 11.3 Å². The second-order valence-corrected chi connectivity index (χ2v) is 5.70. The number of hydrogen-bond donors (Lipinski definition) is 2. The van der Waals surface area contributed by atoms with Gasteiger partial charge in [-0.1, -0.05) is 31.5 Å². The van der Waals surface area contributed by atoms with Gasteiger partial charge in [0.1, 0.15) is 5.82 Å². The van der Waals surface area contributed by atoms with E-state index in [0.29, 0.717) is 6.54 Å². The number of carbonyl (C=O) groups excluding carboxylic acids is 1. The van der Waals surface area contributed by atoms with Crippen molar-refractivity contribution in [1.82, 2.24) is 5.32 Å². The molecule has 1 aromatic carbocycles. The predicted molar refractivity (Wildman–Crippen MR) is 74.8 cm³/mol. The fourth-order valence-electron chi connectivity index (χ4n) is 2.52. The van der Waals surface area contributed by atoms with E-state index in [1.807, 2.05) is 13.8 Å². The highest BCUT2D eigenvalue weighted by atomic mass is 35.5. The zero-order chi connectivity index (χ0) is 14.0. The molecule has 1 saturated heterocycles. The van der Waals surface area contributed by atoms with Crippen LogP contribution in [0.3, 0.4) is 0 Å². The first kappa shape index (κ1) is 14.3. The Morgan fingerprint density at radius 2 is 2.26 bits per heavy atom. The molecule has 1 amide bonds. The van der Waals surface area contributed by atoms with Crippen molar-refractivity contribution < 1.29 is 9.18 Å². The summed E-state index contributed by atoms with van der Waals surface area (Å²) in [5, 5.41) is 6.08. The van der Waals surface area contributed by atoms with E-state index in [0.717, 1.165) is 13.0 Å². The van der Waals surface area contributed by atoms with Gasteiger partial charge in [-0.25, -0.2) is 4.39 Å². The molecule has 5 heteroatoms. The highest BCUT2D eigenvalue weighted by molar-refractivity contribution is 6.33. The molecule has 0 aliphatic carbocycles. The van der Waals surface area contributed by atoms with Gasteiger partial charge >= 0.3 is 0 Å². The molecule has 2 rings (SSSR count). The molecule has 1 heterocycles. The third kappa shape index (κ3) is 2.60. The zero-order valence-corrected chi connectivity index (χ0v) is 11.9. The van der Waals surface area contributed by atoms with E-state index in [4.69, 9.17) is 11.6 Å². The number of halogens is 2. The lowest BCUT2D eigenvalue weighted by Gasteiger charge is -2.31. The summed E-state index contributed by atoms with van der Waals surface area (Å²) in [6, 6.07) is 4.37. The predicted octanol–water partition coefficient (Wildman–Crippen LogP) is 3.05. The average molecular weight is 285 g/mol. The summed E-state index contributed by atoms with van der Waals surface area (Å²) >= 11 is 5.93. The SMILES string of the molecule is CC(C)C1(C(=O)Nc2c(F)cccc2Cl)CCNC1. The molecule has 1 atom stereocenters. The molecule has 0 saturated carbocycles. The fraction of sp³-hybridized carbons (Fsp3) is 0.500. The van der Waals surface area contributed by atoms with Gasteiger partial charge in [-0.15, -0.1) is 0 Å². The molecule has 0 spiro atoms. The van der Waals surface area contributed by atoms with Crippen molar-refractivity contribution in [2.45, 2.75) is 20.3 Å². The number of nitrogens with one attached hydrogen (secondary N) is 2. The van der Waals surface area contributed by atoms with Crippen LogP contribution in [-0.2, 0) is 4.79 Å². The second-order valence-electron chi connectivity index (χ2n) is 5.29. The zero-order valence-electron chi connectivity index (χ0n) is 11.1. The first-order valence-electron chi connectivity index (χ1n) is 6.43. The normalized spacial score (nSPS) is 22.8. The number of rotatable bonds is 3. The Morgan fingerprint density at radius 1 is 1.53 bits per heavy atom. The minimum Gasteiger partial charge on any atom is -0.322 e. The van der Waals surface area contributed by atoms with E-state index in [-0.39, 0.29) is 22.5 Å². The van der Waals surface area contributed by atoms with Crippen LogP contribution >= 0.6 is 11.6 Å². The maximum atomic E-state index is 13.7. The Morgan fingerprint density at radius 3 is 2.79 bits per heavy atom. The highest BCUT2D eigenvalue weighted by Gasteiger charge is 2.44. The first-order chi connectivity index (χ1) is 8.97. The van der Waals surface area contributed by atoms with E-state index < -0.39 is 11.2 Å². The number of amides is 1. The van der Waals surface area contributed by atoms with Crippen molar-refractivity contribution in [3.63, 3.8) is 0 Å². The number of para-hydroxylation sites is 1. The van der Waals surface area contributed by atoms with E-state index in [2.05, 4.69) is 10.6 Å². The van der Waals surface area contributed by atoms with E-state index in [1.54, 1.807) is 6.07 Å². The van der Waals surface area contributed by atoms with Gasteiger partial charge in [0.2, 0.25) is 5.91 Å². The highest BCUT2D eigenvalue weighted by Crippen LogP contribution is 2.36. The molecule has 3 nitrogen and oxygen atoms in total. The summed E-state index contributed by atoms with van der Waals surface area (Å²) in [4.78, 5) is 12.5. The smallest absolute Gasteiger partial charge is 0.232 e. The summed E-state index contributed by atoms with van der Waals surface area (Å²) in [5.74, 6) is -0.502. The minimum atomic E-state index is -0.509. The summed E-state index contributed by atoms with van der Waals surface area (Å²) in [6.07, 6.45) is 0.753. The van der Waals surface area contributed by atoms with Gasteiger partial charge in [0.05, 0.1) is 16.1 Å². The van der Waals surface area contributed by atoms with Gasteiger partial charge in [0, 0.05) is 6.54 Å². The summed E-state index contributed by atoms with van der Waals surface area (Å²) in [6.45, 7) is 5.43. The van der Waals surface area contributed by atoms with Crippen molar-refractivity contribution in [1.29, 1.82) is 0 Å². The minimum absolute atomic E-state index is 0.0705. The molecule has 1 aliphatic heterocycles. The largest absolute Gasteiger partial charge is 0.322 e. The number of benzene rings is 1.